The Morgan fingerprint density at radius 1 is 1.55 bits per heavy atom. The molecule has 0 saturated carbocycles. The highest BCUT2D eigenvalue weighted by Gasteiger charge is 2.30. The van der Waals surface area contributed by atoms with Crippen LogP contribution in [0.3, 0.4) is 0 Å². The van der Waals surface area contributed by atoms with Crippen molar-refractivity contribution in [3.8, 4) is 6.07 Å². The Morgan fingerprint density at radius 3 is 2.85 bits per heavy atom. The molecule has 3 nitrogen and oxygen atoms in total. The summed E-state index contributed by atoms with van der Waals surface area (Å²) in [5.41, 5.74) is 1.59. The number of ether oxygens (including phenoxy) is 1. The predicted molar refractivity (Wildman–Crippen MR) is 79.8 cm³/mol. The van der Waals surface area contributed by atoms with Gasteiger partial charge in [-0.3, -0.25) is 0 Å². The third-order valence-electron chi connectivity index (χ3n) is 3.97. The van der Waals surface area contributed by atoms with E-state index in [1.165, 1.54) is 28.2 Å². The zero-order valence-electron chi connectivity index (χ0n) is 12.5. The van der Waals surface area contributed by atoms with E-state index in [1.807, 2.05) is 12.1 Å². The first kappa shape index (κ1) is 15.1. The second-order valence-corrected chi connectivity index (χ2v) is 7.68. The molecule has 0 saturated heterocycles. The zero-order valence-corrected chi connectivity index (χ0v) is 13.3. The van der Waals surface area contributed by atoms with Gasteiger partial charge in [0.15, 0.2) is 6.10 Å². The maximum absolute atomic E-state index is 11.9. The van der Waals surface area contributed by atoms with E-state index in [1.54, 1.807) is 6.92 Å². The molecule has 2 rings (SSSR count). The Balaban J connectivity index is 2.13. The number of hydrogen-bond acceptors (Lipinski definition) is 4. The van der Waals surface area contributed by atoms with Gasteiger partial charge in [-0.25, -0.2) is 4.79 Å². The van der Waals surface area contributed by atoms with Crippen molar-refractivity contribution in [2.75, 3.05) is 0 Å². The molecule has 0 fully saturated rings. The van der Waals surface area contributed by atoms with Gasteiger partial charge < -0.3 is 4.74 Å². The fourth-order valence-electron chi connectivity index (χ4n) is 2.61. The summed E-state index contributed by atoms with van der Waals surface area (Å²) in [5.74, 6) is 0.289. The van der Waals surface area contributed by atoms with Crippen LogP contribution in [0.1, 0.15) is 54.2 Å². The van der Waals surface area contributed by atoms with Crippen LogP contribution in [0, 0.1) is 22.7 Å². The molecule has 0 aliphatic heterocycles. The molecule has 2 atom stereocenters. The van der Waals surface area contributed by atoms with Crippen LogP contribution in [0.25, 0.3) is 0 Å². The number of carbonyl (C=O) groups excluding carboxylic acids is 1. The van der Waals surface area contributed by atoms with Gasteiger partial charge in [0.2, 0.25) is 0 Å². The molecular formula is C16H21NO2S. The van der Waals surface area contributed by atoms with E-state index >= 15 is 0 Å². The van der Waals surface area contributed by atoms with E-state index in [9.17, 15) is 4.79 Å². The van der Waals surface area contributed by atoms with Crippen molar-refractivity contribution in [3.05, 3.63) is 21.4 Å². The number of fused-ring (bicyclic) bond motifs is 1. The summed E-state index contributed by atoms with van der Waals surface area (Å²) >= 11 is 1.52. The molecule has 0 N–H and O–H groups in total. The molecule has 1 aliphatic carbocycles. The number of nitrogens with zero attached hydrogens (tertiary/aromatic N) is 1. The smallest absolute Gasteiger partial charge is 0.349 e. The summed E-state index contributed by atoms with van der Waals surface area (Å²) in [6.07, 6.45) is 2.57. The largest absolute Gasteiger partial charge is 0.443 e. The SMILES string of the molecule is C[C@@H](C#N)OC(=O)c1cc2c(s1)CC[C@@H](C(C)(C)C)C2. The monoisotopic (exact) mass is 291 g/mol. The first-order valence-corrected chi connectivity index (χ1v) is 7.85. The quantitative estimate of drug-likeness (QED) is 0.775. The summed E-state index contributed by atoms with van der Waals surface area (Å²) in [4.78, 5) is 13.9. The van der Waals surface area contributed by atoms with E-state index in [0.29, 0.717) is 16.2 Å². The van der Waals surface area contributed by atoms with Crippen LogP contribution in [0.2, 0.25) is 0 Å². The molecule has 0 radical (unpaired) electrons. The van der Waals surface area contributed by atoms with E-state index in [-0.39, 0.29) is 5.97 Å². The number of hydrogen-bond donors (Lipinski definition) is 0. The summed E-state index contributed by atoms with van der Waals surface area (Å²) in [6.45, 7) is 8.41. The maximum atomic E-state index is 11.9. The van der Waals surface area contributed by atoms with Crippen LogP contribution < -0.4 is 0 Å². The van der Waals surface area contributed by atoms with E-state index in [0.717, 1.165) is 12.8 Å². The highest BCUT2D eigenvalue weighted by molar-refractivity contribution is 7.14. The number of rotatable bonds is 2. The minimum absolute atomic E-state index is 0.301. The van der Waals surface area contributed by atoms with Crippen molar-refractivity contribution < 1.29 is 9.53 Å². The lowest BCUT2D eigenvalue weighted by atomic mass is 9.72. The third-order valence-corrected chi connectivity index (χ3v) is 5.19. The van der Waals surface area contributed by atoms with Crippen molar-refractivity contribution in [1.29, 1.82) is 5.26 Å². The Morgan fingerprint density at radius 2 is 2.25 bits per heavy atom. The Kier molecular flexibility index (Phi) is 4.19. The third kappa shape index (κ3) is 3.21. The van der Waals surface area contributed by atoms with Crippen molar-refractivity contribution in [3.63, 3.8) is 0 Å². The molecule has 0 unspecified atom stereocenters. The molecule has 0 bridgehead atoms. The molecule has 0 amide bonds. The molecule has 1 aliphatic rings. The molecule has 4 heteroatoms. The van der Waals surface area contributed by atoms with E-state index in [2.05, 4.69) is 20.8 Å². The van der Waals surface area contributed by atoms with Gasteiger partial charge in [0, 0.05) is 4.88 Å². The lowest BCUT2D eigenvalue weighted by molar-refractivity contribution is 0.0441. The van der Waals surface area contributed by atoms with Crippen molar-refractivity contribution in [1.82, 2.24) is 0 Å². The van der Waals surface area contributed by atoms with E-state index < -0.39 is 6.10 Å². The molecule has 108 valence electrons. The van der Waals surface area contributed by atoms with Crippen LogP contribution in [0.5, 0.6) is 0 Å². The summed E-state index contributed by atoms with van der Waals surface area (Å²) in [6, 6.07) is 3.88. The lowest BCUT2D eigenvalue weighted by Gasteiger charge is -2.33. The highest BCUT2D eigenvalue weighted by Crippen LogP contribution is 2.40. The van der Waals surface area contributed by atoms with Gasteiger partial charge in [-0.1, -0.05) is 20.8 Å². The van der Waals surface area contributed by atoms with Crippen LogP contribution in [-0.2, 0) is 17.6 Å². The second-order valence-electron chi connectivity index (χ2n) is 6.54. The normalized spacial score (nSPS) is 19.9. The van der Waals surface area contributed by atoms with Crippen molar-refractivity contribution in [2.45, 2.75) is 53.1 Å². The van der Waals surface area contributed by atoms with Gasteiger partial charge in [-0.2, -0.15) is 5.26 Å². The van der Waals surface area contributed by atoms with Gasteiger partial charge in [0.25, 0.3) is 0 Å². The minimum Gasteiger partial charge on any atom is -0.443 e. The summed E-state index contributed by atoms with van der Waals surface area (Å²) < 4.78 is 5.07. The Hall–Kier alpha value is -1.34. The predicted octanol–water partition coefficient (Wildman–Crippen LogP) is 3.97. The van der Waals surface area contributed by atoms with Crippen LogP contribution in [0.15, 0.2) is 6.07 Å². The molecule has 0 aromatic carbocycles. The van der Waals surface area contributed by atoms with Crippen molar-refractivity contribution >= 4 is 17.3 Å². The van der Waals surface area contributed by atoms with Gasteiger partial charge in [-0.05, 0) is 49.1 Å². The topological polar surface area (TPSA) is 50.1 Å². The number of aryl methyl sites for hydroxylation is 1. The summed E-state index contributed by atoms with van der Waals surface area (Å²) in [5, 5.41) is 8.69. The Bertz CT molecular complexity index is 548. The standard InChI is InChI=1S/C16H21NO2S/c1-10(9-17)19-15(18)14-8-11-7-12(16(2,3)4)5-6-13(11)20-14/h8,10,12H,5-7H2,1-4H3/t10-,12+/m0/s1. The maximum Gasteiger partial charge on any atom is 0.349 e. The number of nitriles is 1. The van der Waals surface area contributed by atoms with Crippen LogP contribution in [-0.4, -0.2) is 12.1 Å². The van der Waals surface area contributed by atoms with Crippen molar-refractivity contribution in [2.24, 2.45) is 11.3 Å². The van der Waals surface area contributed by atoms with Gasteiger partial charge in [0.05, 0.1) is 0 Å². The minimum atomic E-state index is -0.691. The first-order valence-electron chi connectivity index (χ1n) is 7.03. The van der Waals surface area contributed by atoms with Gasteiger partial charge >= 0.3 is 5.97 Å². The molecule has 1 heterocycles. The first-order chi connectivity index (χ1) is 9.31. The molecule has 20 heavy (non-hydrogen) atoms. The van der Waals surface area contributed by atoms with E-state index in [4.69, 9.17) is 10.00 Å². The molecule has 1 aromatic rings. The van der Waals surface area contributed by atoms with Gasteiger partial charge in [-0.15, -0.1) is 11.3 Å². The number of carbonyl (C=O) groups is 1. The fourth-order valence-corrected chi connectivity index (χ4v) is 3.70. The lowest BCUT2D eigenvalue weighted by Crippen LogP contribution is -2.26. The number of thiophene rings is 1. The average Bonchev–Trinajstić information content (AvgIpc) is 2.80. The van der Waals surface area contributed by atoms with Gasteiger partial charge in [0.1, 0.15) is 10.9 Å². The molecular weight excluding hydrogens is 270 g/mol. The van der Waals surface area contributed by atoms with Crippen LogP contribution in [0.4, 0.5) is 0 Å². The second kappa shape index (κ2) is 5.57. The summed E-state index contributed by atoms with van der Waals surface area (Å²) in [7, 11) is 0. The zero-order chi connectivity index (χ0) is 14.9. The fraction of sp³-hybridized carbons (Fsp3) is 0.625. The highest BCUT2D eigenvalue weighted by atomic mass is 32.1. The average molecular weight is 291 g/mol. The Labute approximate surface area is 124 Å². The van der Waals surface area contributed by atoms with Crippen LogP contribution >= 0.6 is 11.3 Å². The molecule has 0 spiro atoms. The number of esters is 1. The molecule has 1 aromatic heterocycles.